The van der Waals surface area contributed by atoms with Gasteiger partial charge < -0.3 is 10.1 Å². The van der Waals surface area contributed by atoms with Crippen molar-refractivity contribution < 1.29 is 4.74 Å². The average molecular weight is 361 g/mol. The van der Waals surface area contributed by atoms with Gasteiger partial charge in [0.2, 0.25) is 0 Å². The summed E-state index contributed by atoms with van der Waals surface area (Å²) in [6, 6.07) is 0. The fourth-order valence-corrected chi connectivity index (χ4v) is 3.30. The molecule has 0 aliphatic carbocycles. The standard InChI is InChI=1S/C13H20IN3O/c1-7(2)11-10(14)13(15-4)17-12(16-11)9-6-5-8(3)18-9/h7-9H,5-6H2,1-4H3,(H,15,16,17). The minimum absolute atomic E-state index is 0.0570. The van der Waals surface area contributed by atoms with Crippen molar-refractivity contribution in [2.24, 2.45) is 0 Å². The zero-order chi connectivity index (χ0) is 13.3. The van der Waals surface area contributed by atoms with Crippen molar-refractivity contribution in [2.45, 2.75) is 51.7 Å². The Balaban J connectivity index is 2.39. The van der Waals surface area contributed by atoms with Gasteiger partial charge in [0.25, 0.3) is 0 Å². The summed E-state index contributed by atoms with van der Waals surface area (Å²) in [5.74, 6) is 2.13. The van der Waals surface area contributed by atoms with E-state index in [0.717, 1.165) is 33.7 Å². The maximum Gasteiger partial charge on any atom is 0.159 e. The third-order valence-corrected chi connectivity index (χ3v) is 4.26. The van der Waals surface area contributed by atoms with Crippen LogP contribution in [0.3, 0.4) is 0 Å². The van der Waals surface area contributed by atoms with Crippen LogP contribution < -0.4 is 5.32 Å². The first-order valence-electron chi connectivity index (χ1n) is 6.43. The van der Waals surface area contributed by atoms with Crippen LogP contribution in [0.15, 0.2) is 0 Å². The molecule has 5 heteroatoms. The van der Waals surface area contributed by atoms with Crippen LogP contribution in [0.2, 0.25) is 0 Å². The lowest BCUT2D eigenvalue weighted by molar-refractivity contribution is 0.0502. The van der Waals surface area contributed by atoms with Crippen molar-refractivity contribution in [3.8, 4) is 0 Å². The summed E-state index contributed by atoms with van der Waals surface area (Å²) in [6.07, 6.45) is 2.48. The van der Waals surface area contributed by atoms with Gasteiger partial charge in [-0.1, -0.05) is 13.8 Å². The van der Waals surface area contributed by atoms with Crippen LogP contribution in [0.4, 0.5) is 5.82 Å². The lowest BCUT2D eigenvalue weighted by Gasteiger charge is -2.16. The van der Waals surface area contributed by atoms with Gasteiger partial charge in [-0.15, -0.1) is 0 Å². The minimum atomic E-state index is 0.0570. The summed E-state index contributed by atoms with van der Waals surface area (Å²) in [6.45, 7) is 6.42. The molecule has 2 atom stereocenters. The summed E-state index contributed by atoms with van der Waals surface area (Å²) in [5.41, 5.74) is 1.10. The maximum atomic E-state index is 5.87. The zero-order valence-electron chi connectivity index (χ0n) is 11.3. The molecule has 0 radical (unpaired) electrons. The number of halogens is 1. The molecule has 2 unspecified atom stereocenters. The van der Waals surface area contributed by atoms with Gasteiger partial charge in [-0.3, -0.25) is 0 Å². The second-order valence-corrected chi connectivity index (χ2v) is 6.13. The number of nitrogens with zero attached hydrogens (tertiary/aromatic N) is 2. The number of rotatable bonds is 3. The normalized spacial score (nSPS) is 23.7. The first-order chi connectivity index (χ1) is 8.52. The molecule has 1 aliphatic rings. The maximum absolute atomic E-state index is 5.87. The first-order valence-corrected chi connectivity index (χ1v) is 7.51. The molecule has 2 heterocycles. The second kappa shape index (κ2) is 5.69. The molecule has 18 heavy (non-hydrogen) atoms. The van der Waals surface area contributed by atoms with Gasteiger partial charge in [0.05, 0.1) is 15.4 Å². The van der Waals surface area contributed by atoms with Crippen LogP contribution in [0.5, 0.6) is 0 Å². The monoisotopic (exact) mass is 361 g/mol. The summed E-state index contributed by atoms with van der Waals surface area (Å²) in [5, 5.41) is 3.15. The van der Waals surface area contributed by atoms with Gasteiger partial charge in [0, 0.05) is 7.05 Å². The smallest absolute Gasteiger partial charge is 0.159 e. The summed E-state index contributed by atoms with van der Waals surface area (Å²) in [4.78, 5) is 9.31. The van der Waals surface area contributed by atoms with Crippen molar-refractivity contribution in [1.29, 1.82) is 0 Å². The van der Waals surface area contributed by atoms with Crippen molar-refractivity contribution in [2.75, 3.05) is 12.4 Å². The molecule has 0 amide bonds. The highest BCUT2D eigenvalue weighted by molar-refractivity contribution is 14.1. The van der Waals surface area contributed by atoms with Crippen LogP contribution in [-0.4, -0.2) is 23.1 Å². The van der Waals surface area contributed by atoms with Gasteiger partial charge in [-0.05, 0) is 48.3 Å². The van der Waals surface area contributed by atoms with Crippen molar-refractivity contribution >= 4 is 28.4 Å². The van der Waals surface area contributed by atoms with E-state index >= 15 is 0 Å². The zero-order valence-corrected chi connectivity index (χ0v) is 13.5. The molecular formula is C13H20IN3O. The van der Waals surface area contributed by atoms with E-state index in [-0.39, 0.29) is 6.10 Å². The van der Waals surface area contributed by atoms with Gasteiger partial charge in [0.15, 0.2) is 5.82 Å². The first kappa shape index (κ1) is 14.0. The lowest BCUT2D eigenvalue weighted by Crippen LogP contribution is -2.12. The van der Waals surface area contributed by atoms with Crippen molar-refractivity contribution in [1.82, 2.24) is 9.97 Å². The molecule has 0 bridgehead atoms. The molecule has 1 saturated heterocycles. The predicted molar refractivity (Wildman–Crippen MR) is 80.9 cm³/mol. The highest BCUT2D eigenvalue weighted by Crippen LogP contribution is 2.33. The summed E-state index contributed by atoms with van der Waals surface area (Å²) < 4.78 is 6.98. The summed E-state index contributed by atoms with van der Waals surface area (Å²) >= 11 is 2.31. The minimum Gasteiger partial charge on any atom is -0.372 e. The lowest BCUT2D eigenvalue weighted by atomic mass is 10.1. The van der Waals surface area contributed by atoms with E-state index in [1.54, 1.807) is 0 Å². The molecule has 100 valence electrons. The van der Waals surface area contributed by atoms with Crippen LogP contribution in [-0.2, 0) is 4.74 Å². The average Bonchev–Trinajstić information content (AvgIpc) is 2.76. The van der Waals surface area contributed by atoms with E-state index in [2.05, 4.69) is 53.7 Å². The predicted octanol–water partition coefficient (Wildman–Crippen LogP) is 3.49. The van der Waals surface area contributed by atoms with Crippen LogP contribution in [0.1, 0.15) is 57.2 Å². The Labute approximate surface area is 122 Å². The molecule has 1 aliphatic heterocycles. The number of anilines is 1. The van der Waals surface area contributed by atoms with E-state index in [9.17, 15) is 0 Å². The van der Waals surface area contributed by atoms with Gasteiger partial charge in [-0.25, -0.2) is 9.97 Å². The molecule has 0 spiro atoms. The SMILES string of the molecule is CNc1nc(C2CCC(C)O2)nc(C(C)C)c1I. The molecule has 2 rings (SSSR count). The molecule has 1 aromatic rings. The fraction of sp³-hybridized carbons (Fsp3) is 0.692. The van der Waals surface area contributed by atoms with Crippen LogP contribution in [0.25, 0.3) is 0 Å². The van der Waals surface area contributed by atoms with E-state index in [0.29, 0.717) is 12.0 Å². The van der Waals surface area contributed by atoms with Gasteiger partial charge in [-0.2, -0.15) is 0 Å². The molecule has 0 saturated carbocycles. The quantitative estimate of drug-likeness (QED) is 0.838. The number of nitrogens with one attached hydrogen (secondary N) is 1. The van der Waals surface area contributed by atoms with Gasteiger partial charge in [0.1, 0.15) is 11.9 Å². The third-order valence-electron chi connectivity index (χ3n) is 3.20. The Morgan fingerprint density at radius 3 is 2.56 bits per heavy atom. The van der Waals surface area contributed by atoms with E-state index in [1.807, 2.05) is 7.05 Å². The Kier molecular flexibility index (Phi) is 4.42. The van der Waals surface area contributed by atoms with Crippen molar-refractivity contribution in [3.05, 3.63) is 15.1 Å². The summed E-state index contributed by atoms with van der Waals surface area (Å²) in [7, 11) is 1.90. The Bertz CT molecular complexity index is 436. The topological polar surface area (TPSA) is 47.0 Å². The Hall–Kier alpha value is -0.430. The van der Waals surface area contributed by atoms with Crippen molar-refractivity contribution in [3.63, 3.8) is 0 Å². The van der Waals surface area contributed by atoms with E-state index in [1.165, 1.54) is 0 Å². The molecular weight excluding hydrogens is 341 g/mol. The molecule has 1 fully saturated rings. The highest BCUT2D eigenvalue weighted by Gasteiger charge is 2.27. The molecule has 1 aromatic heterocycles. The number of ether oxygens (including phenoxy) is 1. The van der Waals surface area contributed by atoms with Gasteiger partial charge >= 0.3 is 0 Å². The van der Waals surface area contributed by atoms with E-state index < -0.39 is 0 Å². The Morgan fingerprint density at radius 2 is 2.06 bits per heavy atom. The van der Waals surface area contributed by atoms with Crippen LogP contribution >= 0.6 is 22.6 Å². The molecule has 4 nitrogen and oxygen atoms in total. The Morgan fingerprint density at radius 1 is 1.33 bits per heavy atom. The number of hydrogen-bond acceptors (Lipinski definition) is 4. The number of hydrogen-bond donors (Lipinski definition) is 1. The highest BCUT2D eigenvalue weighted by atomic mass is 127. The molecule has 0 aromatic carbocycles. The third kappa shape index (κ3) is 2.77. The largest absolute Gasteiger partial charge is 0.372 e. The number of aromatic nitrogens is 2. The molecule has 1 N–H and O–H groups in total. The fourth-order valence-electron chi connectivity index (χ4n) is 2.17. The van der Waals surface area contributed by atoms with Crippen LogP contribution in [0, 0.1) is 3.57 Å². The second-order valence-electron chi connectivity index (χ2n) is 5.05. The van der Waals surface area contributed by atoms with E-state index in [4.69, 9.17) is 9.72 Å².